The molecule has 0 fully saturated rings. The van der Waals surface area contributed by atoms with E-state index >= 15 is 0 Å². The van der Waals surface area contributed by atoms with E-state index in [4.69, 9.17) is 0 Å². The van der Waals surface area contributed by atoms with Crippen LogP contribution in [0.3, 0.4) is 0 Å². The van der Waals surface area contributed by atoms with Crippen molar-refractivity contribution in [1.29, 1.82) is 0 Å². The molecule has 0 aliphatic carbocycles. The topological polar surface area (TPSA) is 162 Å². The molecule has 1 amide bonds. The number of nitro benzene ring substituents is 2. The summed E-state index contributed by atoms with van der Waals surface area (Å²) < 4.78 is 26.5. The lowest BCUT2D eigenvalue weighted by molar-refractivity contribution is -0.385. The van der Waals surface area contributed by atoms with Crippen molar-refractivity contribution >= 4 is 33.0 Å². The van der Waals surface area contributed by atoms with Crippen molar-refractivity contribution < 1.29 is 23.1 Å². The molecule has 0 aliphatic rings. The number of rotatable bonds is 8. The molecule has 0 saturated carbocycles. The number of nitrogens with one attached hydrogen (secondary N) is 2. The standard InChI is InChI=1S/C16H16N4O7S/c1-11-10-13(20(24)25)4-7-15(11)18-16(21)8-9-17-28(26,27)14-5-2-12(3-6-14)19(22)23/h2-7,10,17H,8-9H2,1H3,(H,18,21). The molecule has 11 nitrogen and oxygen atoms in total. The largest absolute Gasteiger partial charge is 0.326 e. The maximum atomic E-state index is 12.1. The number of nitrogens with zero attached hydrogens (tertiary/aromatic N) is 2. The third-order valence-electron chi connectivity index (χ3n) is 3.70. The number of aryl methyl sites for hydroxylation is 1. The first-order valence-electron chi connectivity index (χ1n) is 7.89. The first-order valence-corrected chi connectivity index (χ1v) is 9.37. The van der Waals surface area contributed by atoms with Crippen LogP contribution in [-0.2, 0) is 14.8 Å². The summed E-state index contributed by atoms with van der Waals surface area (Å²) in [5, 5.41) is 23.9. The number of non-ortho nitro benzene ring substituents is 2. The molecule has 2 N–H and O–H groups in total. The molecule has 0 heterocycles. The number of nitro groups is 2. The summed E-state index contributed by atoms with van der Waals surface area (Å²) in [6.45, 7) is 1.40. The molecule has 28 heavy (non-hydrogen) atoms. The van der Waals surface area contributed by atoms with Crippen LogP contribution in [0.4, 0.5) is 17.1 Å². The van der Waals surface area contributed by atoms with Gasteiger partial charge in [0.25, 0.3) is 11.4 Å². The highest BCUT2D eigenvalue weighted by Gasteiger charge is 2.16. The zero-order chi connectivity index (χ0) is 20.9. The molecule has 0 radical (unpaired) electrons. The van der Waals surface area contributed by atoms with E-state index in [1.54, 1.807) is 6.92 Å². The van der Waals surface area contributed by atoms with E-state index in [0.717, 1.165) is 24.3 Å². The highest BCUT2D eigenvalue weighted by Crippen LogP contribution is 2.21. The molecule has 0 bridgehead atoms. The van der Waals surface area contributed by atoms with Gasteiger partial charge in [0.2, 0.25) is 15.9 Å². The fourth-order valence-electron chi connectivity index (χ4n) is 2.24. The zero-order valence-corrected chi connectivity index (χ0v) is 15.4. The Morgan fingerprint density at radius 3 is 2.11 bits per heavy atom. The summed E-state index contributed by atoms with van der Waals surface area (Å²) in [4.78, 5) is 31.9. The SMILES string of the molecule is Cc1cc([N+](=O)[O-])ccc1NC(=O)CCNS(=O)(=O)c1ccc([N+](=O)[O-])cc1. The van der Waals surface area contributed by atoms with E-state index in [1.807, 2.05) is 0 Å². The Kier molecular flexibility index (Phi) is 6.38. The summed E-state index contributed by atoms with van der Waals surface area (Å²) in [5.74, 6) is -0.483. The van der Waals surface area contributed by atoms with Gasteiger partial charge >= 0.3 is 0 Å². The van der Waals surface area contributed by atoms with Crippen molar-refractivity contribution in [2.24, 2.45) is 0 Å². The van der Waals surface area contributed by atoms with Gasteiger partial charge in [0.1, 0.15) is 0 Å². The number of hydrogen-bond acceptors (Lipinski definition) is 7. The van der Waals surface area contributed by atoms with Crippen LogP contribution in [0.2, 0.25) is 0 Å². The van der Waals surface area contributed by atoms with E-state index < -0.39 is 25.8 Å². The minimum absolute atomic E-state index is 0.105. The van der Waals surface area contributed by atoms with Crippen LogP contribution < -0.4 is 10.0 Å². The van der Waals surface area contributed by atoms with Crippen LogP contribution in [-0.4, -0.2) is 30.7 Å². The minimum atomic E-state index is -3.92. The molecule has 0 aromatic heterocycles. The van der Waals surface area contributed by atoms with Crippen LogP contribution in [0.1, 0.15) is 12.0 Å². The van der Waals surface area contributed by atoms with E-state index in [-0.39, 0.29) is 29.2 Å². The number of amides is 1. The third-order valence-corrected chi connectivity index (χ3v) is 5.17. The van der Waals surface area contributed by atoms with E-state index in [0.29, 0.717) is 11.3 Å². The maximum absolute atomic E-state index is 12.1. The fourth-order valence-corrected chi connectivity index (χ4v) is 3.28. The Labute approximate surface area is 159 Å². The van der Waals surface area contributed by atoms with Gasteiger partial charge in [-0.05, 0) is 30.7 Å². The van der Waals surface area contributed by atoms with Gasteiger partial charge in [0.05, 0.1) is 14.7 Å². The molecule has 0 unspecified atom stereocenters. The number of hydrogen-bond donors (Lipinski definition) is 2. The number of anilines is 1. The molecule has 0 saturated heterocycles. The smallest absolute Gasteiger partial charge is 0.269 e. The van der Waals surface area contributed by atoms with Crippen LogP contribution >= 0.6 is 0 Å². The minimum Gasteiger partial charge on any atom is -0.326 e. The lowest BCUT2D eigenvalue weighted by Gasteiger charge is -2.09. The highest BCUT2D eigenvalue weighted by molar-refractivity contribution is 7.89. The predicted octanol–water partition coefficient (Wildman–Crippen LogP) is 2.12. The van der Waals surface area contributed by atoms with Crippen molar-refractivity contribution in [1.82, 2.24) is 4.72 Å². The van der Waals surface area contributed by atoms with Crippen LogP contribution in [0.5, 0.6) is 0 Å². The molecular formula is C16H16N4O7S. The number of carbonyl (C=O) groups excluding carboxylic acids is 1. The Morgan fingerprint density at radius 1 is 1.00 bits per heavy atom. The molecule has 0 aliphatic heterocycles. The molecule has 0 spiro atoms. The Bertz CT molecular complexity index is 1020. The summed E-state index contributed by atoms with van der Waals surface area (Å²) in [6.07, 6.45) is -0.178. The number of benzene rings is 2. The number of carbonyl (C=O) groups is 1. The van der Waals surface area contributed by atoms with Crippen molar-refractivity contribution in [3.05, 3.63) is 68.3 Å². The Hall–Kier alpha value is -3.38. The molecule has 2 aromatic carbocycles. The van der Waals surface area contributed by atoms with Gasteiger partial charge in [-0.25, -0.2) is 13.1 Å². The average Bonchev–Trinajstić information content (AvgIpc) is 2.63. The van der Waals surface area contributed by atoms with Gasteiger partial charge < -0.3 is 5.32 Å². The second-order valence-electron chi connectivity index (χ2n) is 5.70. The monoisotopic (exact) mass is 408 g/mol. The molecule has 2 rings (SSSR count). The van der Waals surface area contributed by atoms with E-state index in [1.165, 1.54) is 18.2 Å². The predicted molar refractivity (Wildman–Crippen MR) is 99.4 cm³/mol. The average molecular weight is 408 g/mol. The van der Waals surface area contributed by atoms with Crippen LogP contribution in [0, 0.1) is 27.2 Å². The normalized spacial score (nSPS) is 11.0. The maximum Gasteiger partial charge on any atom is 0.269 e. The van der Waals surface area contributed by atoms with E-state index in [9.17, 15) is 33.4 Å². The molecule has 2 aromatic rings. The first kappa shape index (κ1) is 20.9. The molecule has 0 atom stereocenters. The summed E-state index contributed by atoms with van der Waals surface area (Å²) in [5.41, 5.74) is 0.533. The van der Waals surface area contributed by atoms with Gasteiger partial charge in [-0.15, -0.1) is 0 Å². The lowest BCUT2D eigenvalue weighted by atomic mass is 10.1. The van der Waals surface area contributed by atoms with Crippen LogP contribution in [0.25, 0.3) is 0 Å². The summed E-state index contributed by atoms with van der Waals surface area (Å²) >= 11 is 0. The third kappa shape index (κ3) is 5.31. The van der Waals surface area contributed by atoms with Gasteiger partial charge in [-0.2, -0.15) is 0 Å². The van der Waals surface area contributed by atoms with E-state index in [2.05, 4.69) is 10.0 Å². The van der Waals surface area contributed by atoms with Crippen molar-refractivity contribution in [3.63, 3.8) is 0 Å². The van der Waals surface area contributed by atoms with Gasteiger partial charge in [0.15, 0.2) is 0 Å². The first-order chi connectivity index (χ1) is 13.1. The summed E-state index contributed by atoms with van der Waals surface area (Å²) in [6, 6.07) is 8.29. The Balaban J connectivity index is 1.92. The fraction of sp³-hybridized carbons (Fsp3) is 0.188. The number of sulfonamides is 1. The lowest BCUT2D eigenvalue weighted by Crippen LogP contribution is -2.28. The van der Waals surface area contributed by atoms with Crippen molar-refractivity contribution in [2.75, 3.05) is 11.9 Å². The summed E-state index contributed by atoms with van der Waals surface area (Å²) in [7, 11) is -3.92. The van der Waals surface area contributed by atoms with Crippen molar-refractivity contribution in [3.8, 4) is 0 Å². The highest BCUT2D eigenvalue weighted by atomic mass is 32.2. The quantitative estimate of drug-likeness (QED) is 0.499. The van der Waals surface area contributed by atoms with Crippen molar-refractivity contribution in [2.45, 2.75) is 18.2 Å². The Morgan fingerprint density at radius 2 is 1.57 bits per heavy atom. The van der Waals surface area contributed by atoms with Gasteiger partial charge in [0, 0.05) is 42.9 Å². The molecule has 148 valence electrons. The second kappa shape index (κ2) is 8.54. The molecular weight excluding hydrogens is 392 g/mol. The molecule has 12 heteroatoms. The van der Waals surface area contributed by atoms with Crippen LogP contribution in [0.15, 0.2) is 47.4 Å². The van der Waals surface area contributed by atoms with Gasteiger partial charge in [-0.3, -0.25) is 25.0 Å². The second-order valence-corrected chi connectivity index (χ2v) is 7.47. The zero-order valence-electron chi connectivity index (χ0n) is 14.6. The van der Waals surface area contributed by atoms with Gasteiger partial charge in [-0.1, -0.05) is 0 Å².